The van der Waals surface area contributed by atoms with Crippen molar-refractivity contribution in [3.63, 3.8) is 0 Å². The van der Waals surface area contributed by atoms with Crippen LogP contribution in [0.2, 0.25) is 0 Å². The second kappa shape index (κ2) is 6.71. The van der Waals surface area contributed by atoms with E-state index in [1.807, 2.05) is 0 Å². The number of hydrogen-bond donors (Lipinski definition) is 1. The molecule has 4 rings (SSSR count). The molecule has 1 aliphatic heterocycles. The first-order chi connectivity index (χ1) is 13.9. The number of aromatic hydroxyl groups is 1. The Morgan fingerprint density at radius 1 is 1.10 bits per heavy atom. The number of imide groups is 1. The predicted molar refractivity (Wildman–Crippen MR) is 103 cm³/mol. The van der Waals surface area contributed by atoms with Crippen molar-refractivity contribution in [1.29, 1.82) is 0 Å². The lowest BCUT2D eigenvalue weighted by Crippen LogP contribution is -2.36. The molecule has 0 saturated carbocycles. The van der Waals surface area contributed by atoms with Gasteiger partial charge in [0.1, 0.15) is 0 Å². The van der Waals surface area contributed by atoms with Gasteiger partial charge in [-0.1, -0.05) is 6.07 Å². The number of hydrazone groups is 1. The standard InChI is InChI=1S/C20H13N3O6/c1-29-17-8-5-11(9-16(17)24)10-21-22-19(25)13-4-2-3-12-15(23(27)28)7-6-14(18(12)13)20(22)26/h2-10,24H,1H3. The average Bonchev–Trinajstić information content (AvgIpc) is 2.71. The monoisotopic (exact) mass is 391 g/mol. The molecule has 0 radical (unpaired) electrons. The maximum atomic E-state index is 12.8. The summed E-state index contributed by atoms with van der Waals surface area (Å²) in [4.78, 5) is 36.4. The normalized spacial score (nSPS) is 13.3. The summed E-state index contributed by atoms with van der Waals surface area (Å²) in [6.07, 6.45) is 1.26. The van der Waals surface area contributed by atoms with Crippen molar-refractivity contribution in [1.82, 2.24) is 5.01 Å². The average molecular weight is 391 g/mol. The lowest BCUT2D eigenvalue weighted by Gasteiger charge is -2.23. The smallest absolute Gasteiger partial charge is 0.282 e. The van der Waals surface area contributed by atoms with E-state index < -0.39 is 16.7 Å². The number of non-ortho nitro benzene ring substituents is 1. The number of benzene rings is 3. The van der Waals surface area contributed by atoms with Gasteiger partial charge in [-0.15, -0.1) is 0 Å². The molecule has 2 amide bonds. The maximum absolute atomic E-state index is 12.8. The van der Waals surface area contributed by atoms with Crippen LogP contribution in [0.4, 0.5) is 5.69 Å². The summed E-state index contributed by atoms with van der Waals surface area (Å²) in [7, 11) is 1.41. The van der Waals surface area contributed by atoms with Gasteiger partial charge in [0.05, 0.1) is 34.8 Å². The van der Waals surface area contributed by atoms with Crippen LogP contribution in [-0.4, -0.2) is 40.2 Å². The fraction of sp³-hybridized carbons (Fsp3) is 0.0500. The predicted octanol–water partition coefficient (Wildman–Crippen LogP) is 3.09. The second-order valence-electron chi connectivity index (χ2n) is 6.22. The fourth-order valence-corrected chi connectivity index (χ4v) is 3.24. The molecule has 0 aliphatic carbocycles. The van der Waals surface area contributed by atoms with Crippen LogP contribution in [-0.2, 0) is 0 Å². The lowest BCUT2D eigenvalue weighted by molar-refractivity contribution is -0.383. The Bertz CT molecular complexity index is 1210. The molecule has 29 heavy (non-hydrogen) atoms. The first-order valence-corrected chi connectivity index (χ1v) is 8.42. The highest BCUT2D eigenvalue weighted by molar-refractivity contribution is 6.26. The summed E-state index contributed by atoms with van der Waals surface area (Å²) >= 11 is 0. The van der Waals surface area contributed by atoms with Gasteiger partial charge in [-0.05, 0) is 42.0 Å². The SMILES string of the molecule is COc1ccc(C=NN2C(=O)c3cccc4c([N+](=O)[O-])ccc(c34)C2=O)cc1O. The van der Waals surface area contributed by atoms with E-state index in [2.05, 4.69) is 5.10 Å². The van der Waals surface area contributed by atoms with Crippen LogP contribution in [0.3, 0.4) is 0 Å². The number of phenols is 1. The van der Waals surface area contributed by atoms with Crippen molar-refractivity contribution in [3.8, 4) is 11.5 Å². The Balaban J connectivity index is 1.77. The number of carbonyl (C=O) groups is 2. The van der Waals surface area contributed by atoms with Gasteiger partial charge in [0.2, 0.25) is 0 Å². The quantitative estimate of drug-likeness (QED) is 0.316. The van der Waals surface area contributed by atoms with Crippen molar-refractivity contribution in [2.45, 2.75) is 0 Å². The summed E-state index contributed by atoms with van der Waals surface area (Å²) < 4.78 is 4.97. The highest BCUT2D eigenvalue weighted by Crippen LogP contribution is 2.35. The molecule has 0 atom stereocenters. The van der Waals surface area contributed by atoms with Crippen LogP contribution < -0.4 is 4.74 Å². The number of nitrogens with zero attached hydrogens (tertiary/aromatic N) is 3. The molecule has 1 aliphatic rings. The number of rotatable bonds is 4. The van der Waals surface area contributed by atoms with Crippen LogP contribution in [0.1, 0.15) is 26.3 Å². The van der Waals surface area contributed by atoms with Crippen molar-refractivity contribution in [2.24, 2.45) is 5.10 Å². The van der Waals surface area contributed by atoms with E-state index in [4.69, 9.17) is 4.74 Å². The third-order valence-electron chi connectivity index (χ3n) is 4.59. The van der Waals surface area contributed by atoms with E-state index in [9.17, 15) is 24.8 Å². The van der Waals surface area contributed by atoms with Crippen LogP contribution in [0, 0.1) is 10.1 Å². The number of methoxy groups -OCH3 is 1. The molecule has 1 N–H and O–H groups in total. The Morgan fingerprint density at radius 2 is 1.83 bits per heavy atom. The number of nitro groups is 1. The van der Waals surface area contributed by atoms with Crippen molar-refractivity contribution < 1.29 is 24.4 Å². The molecule has 3 aromatic rings. The molecule has 9 heteroatoms. The van der Waals surface area contributed by atoms with Crippen molar-refractivity contribution in [2.75, 3.05) is 7.11 Å². The highest BCUT2D eigenvalue weighted by Gasteiger charge is 2.34. The largest absolute Gasteiger partial charge is 0.504 e. The summed E-state index contributed by atoms with van der Waals surface area (Å²) in [5.41, 5.74) is 0.555. The van der Waals surface area contributed by atoms with E-state index in [1.54, 1.807) is 6.07 Å². The first-order valence-electron chi connectivity index (χ1n) is 8.42. The number of hydrogen-bond acceptors (Lipinski definition) is 7. The third kappa shape index (κ3) is 2.85. The zero-order chi connectivity index (χ0) is 20.7. The molecular weight excluding hydrogens is 378 g/mol. The second-order valence-corrected chi connectivity index (χ2v) is 6.22. The maximum Gasteiger partial charge on any atom is 0.282 e. The molecule has 0 saturated heterocycles. The lowest BCUT2D eigenvalue weighted by atomic mass is 9.94. The minimum absolute atomic E-state index is 0.116. The molecule has 1 heterocycles. The summed E-state index contributed by atoms with van der Waals surface area (Å²) in [6, 6.07) is 11.6. The summed E-state index contributed by atoms with van der Waals surface area (Å²) in [5, 5.41) is 26.3. The van der Waals surface area contributed by atoms with E-state index in [0.29, 0.717) is 10.6 Å². The molecule has 3 aromatic carbocycles. The highest BCUT2D eigenvalue weighted by atomic mass is 16.6. The zero-order valence-corrected chi connectivity index (χ0v) is 15.0. The van der Waals surface area contributed by atoms with Gasteiger partial charge in [-0.2, -0.15) is 10.1 Å². The summed E-state index contributed by atoms with van der Waals surface area (Å²) in [6.45, 7) is 0. The van der Waals surface area contributed by atoms with Crippen LogP contribution >= 0.6 is 0 Å². The van der Waals surface area contributed by atoms with Crippen molar-refractivity contribution >= 4 is 34.5 Å². The summed E-state index contributed by atoms with van der Waals surface area (Å²) in [5.74, 6) is -1.23. The van der Waals surface area contributed by atoms with Crippen molar-refractivity contribution in [3.05, 3.63) is 75.3 Å². The first kappa shape index (κ1) is 18.1. The van der Waals surface area contributed by atoms with E-state index in [1.165, 1.54) is 55.8 Å². The minimum Gasteiger partial charge on any atom is -0.504 e. The Morgan fingerprint density at radius 3 is 2.48 bits per heavy atom. The number of ether oxygens (including phenoxy) is 1. The van der Waals surface area contributed by atoms with Gasteiger partial charge in [0.15, 0.2) is 11.5 Å². The van der Waals surface area contributed by atoms with Gasteiger partial charge in [-0.3, -0.25) is 19.7 Å². The molecule has 0 bridgehead atoms. The molecule has 0 fully saturated rings. The number of phenolic OH excluding ortho intramolecular Hbond substituents is 1. The Labute approximate surface area is 163 Å². The van der Waals surface area contributed by atoms with Crippen LogP contribution in [0.15, 0.2) is 53.6 Å². The van der Waals surface area contributed by atoms with Crippen LogP contribution in [0.25, 0.3) is 10.8 Å². The third-order valence-corrected chi connectivity index (χ3v) is 4.59. The van der Waals surface area contributed by atoms with Gasteiger partial charge >= 0.3 is 0 Å². The zero-order valence-electron chi connectivity index (χ0n) is 15.0. The minimum atomic E-state index is -0.692. The molecular formula is C20H13N3O6. The molecule has 144 valence electrons. The van der Waals surface area contributed by atoms with E-state index in [-0.39, 0.29) is 39.1 Å². The fourth-order valence-electron chi connectivity index (χ4n) is 3.24. The number of nitro benzene ring substituents is 1. The van der Waals surface area contributed by atoms with Gasteiger partial charge < -0.3 is 9.84 Å². The topological polar surface area (TPSA) is 122 Å². The van der Waals surface area contributed by atoms with E-state index >= 15 is 0 Å². The number of amides is 2. The van der Waals surface area contributed by atoms with Gasteiger partial charge in [-0.25, -0.2) is 0 Å². The molecule has 9 nitrogen and oxygen atoms in total. The molecule has 0 spiro atoms. The van der Waals surface area contributed by atoms with Gasteiger partial charge in [0, 0.05) is 11.5 Å². The number of carbonyl (C=O) groups excluding carboxylic acids is 2. The molecule has 0 unspecified atom stereocenters. The Hall–Kier alpha value is -4.27. The molecule has 0 aromatic heterocycles. The Kier molecular flexibility index (Phi) is 4.19. The van der Waals surface area contributed by atoms with Gasteiger partial charge in [0.25, 0.3) is 17.5 Å². The van der Waals surface area contributed by atoms with Crippen LogP contribution in [0.5, 0.6) is 11.5 Å². The van der Waals surface area contributed by atoms with E-state index in [0.717, 1.165) is 0 Å².